The Kier molecular flexibility index (Phi) is 4.57. The van der Waals surface area contributed by atoms with Gasteiger partial charge in [0.25, 0.3) is 0 Å². The molecule has 0 saturated heterocycles. The summed E-state index contributed by atoms with van der Waals surface area (Å²) < 4.78 is 32.2. The van der Waals surface area contributed by atoms with Crippen LogP contribution >= 0.6 is 11.6 Å². The van der Waals surface area contributed by atoms with Crippen LogP contribution in [0.5, 0.6) is 5.75 Å². The van der Waals surface area contributed by atoms with Crippen molar-refractivity contribution in [1.82, 2.24) is 5.32 Å². The van der Waals surface area contributed by atoms with E-state index < -0.39 is 17.7 Å². The molecule has 0 aliphatic carbocycles. The van der Waals surface area contributed by atoms with Gasteiger partial charge in [-0.15, -0.1) is 0 Å². The number of benzene rings is 2. The first-order valence-electron chi connectivity index (χ1n) is 6.02. The Bertz CT molecular complexity index is 619. The third kappa shape index (κ3) is 2.92. The Morgan fingerprint density at radius 2 is 1.80 bits per heavy atom. The average molecular weight is 298 g/mol. The second-order valence-corrected chi connectivity index (χ2v) is 4.68. The van der Waals surface area contributed by atoms with E-state index in [0.717, 1.165) is 0 Å². The minimum atomic E-state index is -0.464. The minimum absolute atomic E-state index is 0.250. The largest absolute Gasteiger partial charge is 0.497 e. The van der Waals surface area contributed by atoms with Crippen LogP contribution in [-0.4, -0.2) is 14.2 Å². The summed E-state index contributed by atoms with van der Waals surface area (Å²) in [6.07, 6.45) is 0. The van der Waals surface area contributed by atoms with Gasteiger partial charge in [0.1, 0.15) is 17.4 Å². The van der Waals surface area contributed by atoms with Crippen molar-refractivity contribution in [2.75, 3.05) is 14.2 Å². The van der Waals surface area contributed by atoms with Gasteiger partial charge in [-0.2, -0.15) is 0 Å². The van der Waals surface area contributed by atoms with E-state index in [1.807, 2.05) is 0 Å². The van der Waals surface area contributed by atoms with E-state index in [4.69, 9.17) is 16.3 Å². The molecule has 20 heavy (non-hydrogen) atoms. The lowest BCUT2D eigenvalue weighted by atomic mass is 9.98. The molecule has 2 rings (SSSR count). The van der Waals surface area contributed by atoms with Crippen LogP contribution in [0.3, 0.4) is 0 Å². The second kappa shape index (κ2) is 6.20. The maximum atomic E-state index is 14.1. The van der Waals surface area contributed by atoms with Crippen molar-refractivity contribution in [3.05, 3.63) is 64.2 Å². The highest BCUT2D eigenvalue weighted by Gasteiger charge is 2.19. The van der Waals surface area contributed by atoms with Crippen LogP contribution in [0, 0.1) is 11.6 Å². The summed E-state index contributed by atoms with van der Waals surface area (Å²) in [4.78, 5) is 0. The Balaban J connectivity index is 2.47. The zero-order valence-corrected chi connectivity index (χ0v) is 11.8. The molecule has 0 amide bonds. The molecule has 2 nitrogen and oxygen atoms in total. The summed E-state index contributed by atoms with van der Waals surface area (Å²) in [7, 11) is 3.16. The molecule has 0 aromatic heterocycles. The van der Waals surface area contributed by atoms with Gasteiger partial charge in [-0.3, -0.25) is 0 Å². The molecule has 0 fully saturated rings. The Morgan fingerprint density at radius 1 is 1.10 bits per heavy atom. The number of ether oxygens (including phenoxy) is 1. The third-order valence-corrected chi connectivity index (χ3v) is 3.41. The van der Waals surface area contributed by atoms with Gasteiger partial charge in [-0.05, 0) is 30.8 Å². The molecule has 0 radical (unpaired) electrons. The Labute approximate surface area is 121 Å². The van der Waals surface area contributed by atoms with E-state index in [1.54, 1.807) is 25.2 Å². The standard InChI is InChI=1S/C15H14ClF2NO/c1-19-15(11-5-3-9(17)7-13(11)16)12-6-4-10(20-2)8-14(12)18/h3-8,15,19H,1-2H3. The van der Waals surface area contributed by atoms with Crippen molar-refractivity contribution in [2.24, 2.45) is 0 Å². The molecule has 0 aliphatic heterocycles. The molecular formula is C15H14ClF2NO. The van der Waals surface area contributed by atoms with Gasteiger partial charge in [0, 0.05) is 16.7 Å². The highest BCUT2D eigenvalue weighted by molar-refractivity contribution is 6.31. The molecule has 1 atom stereocenters. The lowest BCUT2D eigenvalue weighted by Crippen LogP contribution is -2.19. The fourth-order valence-electron chi connectivity index (χ4n) is 2.08. The lowest BCUT2D eigenvalue weighted by Gasteiger charge is -2.19. The fraction of sp³-hybridized carbons (Fsp3) is 0.200. The van der Waals surface area contributed by atoms with Crippen LogP contribution in [0.2, 0.25) is 5.02 Å². The van der Waals surface area contributed by atoms with Crippen molar-refractivity contribution >= 4 is 11.6 Å². The van der Waals surface area contributed by atoms with Crippen LogP contribution in [-0.2, 0) is 0 Å². The normalized spacial score (nSPS) is 12.2. The quantitative estimate of drug-likeness (QED) is 0.923. The maximum Gasteiger partial charge on any atom is 0.132 e. The van der Waals surface area contributed by atoms with Crippen molar-refractivity contribution in [3.8, 4) is 5.75 Å². The number of halogens is 3. The van der Waals surface area contributed by atoms with Gasteiger partial charge in [0.2, 0.25) is 0 Å². The lowest BCUT2D eigenvalue weighted by molar-refractivity contribution is 0.410. The monoisotopic (exact) mass is 297 g/mol. The summed E-state index contributed by atoms with van der Waals surface area (Å²) in [5.74, 6) is -0.404. The van der Waals surface area contributed by atoms with Crippen molar-refractivity contribution in [2.45, 2.75) is 6.04 Å². The molecular weight excluding hydrogens is 284 g/mol. The summed E-state index contributed by atoms with van der Waals surface area (Å²) in [5, 5.41) is 3.24. The molecule has 0 saturated carbocycles. The predicted octanol–water partition coefficient (Wildman–Crippen LogP) is 3.94. The van der Waals surface area contributed by atoms with E-state index in [2.05, 4.69) is 5.32 Å². The Morgan fingerprint density at radius 3 is 2.35 bits per heavy atom. The molecule has 0 bridgehead atoms. The first-order chi connectivity index (χ1) is 9.56. The Hall–Kier alpha value is -1.65. The molecule has 0 aliphatic rings. The first-order valence-corrected chi connectivity index (χ1v) is 6.40. The number of methoxy groups -OCH3 is 1. The van der Waals surface area contributed by atoms with Gasteiger partial charge in [0.05, 0.1) is 13.2 Å². The van der Waals surface area contributed by atoms with Gasteiger partial charge >= 0.3 is 0 Å². The average Bonchev–Trinajstić information content (AvgIpc) is 2.43. The van der Waals surface area contributed by atoms with E-state index in [-0.39, 0.29) is 5.02 Å². The zero-order valence-electron chi connectivity index (χ0n) is 11.1. The van der Waals surface area contributed by atoms with E-state index in [9.17, 15) is 8.78 Å². The molecule has 1 unspecified atom stereocenters. The first kappa shape index (κ1) is 14.8. The van der Waals surface area contributed by atoms with Crippen LogP contribution in [0.1, 0.15) is 17.2 Å². The minimum Gasteiger partial charge on any atom is -0.497 e. The molecule has 2 aromatic rings. The molecule has 0 spiro atoms. The summed E-state index contributed by atoms with van der Waals surface area (Å²) in [5.41, 5.74) is 1.03. The number of nitrogens with one attached hydrogen (secondary N) is 1. The zero-order chi connectivity index (χ0) is 14.7. The second-order valence-electron chi connectivity index (χ2n) is 4.27. The van der Waals surface area contributed by atoms with Crippen LogP contribution in [0.4, 0.5) is 8.78 Å². The number of hydrogen-bond donors (Lipinski definition) is 1. The SMILES string of the molecule is CNC(c1ccc(OC)cc1F)c1ccc(F)cc1Cl. The van der Waals surface area contributed by atoms with Crippen LogP contribution < -0.4 is 10.1 Å². The summed E-state index contributed by atoms with van der Waals surface area (Å²) in [6.45, 7) is 0. The summed E-state index contributed by atoms with van der Waals surface area (Å²) >= 11 is 6.04. The fourth-order valence-corrected chi connectivity index (χ4v) is 2.36. The maximum absolute atomic E-state index is 14.1. The van der Waals surface area contributed by atoms with E-state index >= 15 is 0 Å². The number of rotatable bonds is 4. The highest BCUT2D eigenvalue weighted by atomic mass is 35.5. The predicted molar refractivity (Wildman–Crippen MR) is 75.3 cm³/mol. The molecule has 0 heterocycles. The van der Waals surface area contributed by atoms with E-state index in [0.29, 0.717) is 16.9 Å². The number of hydrogen-bond acceptors (Lipinski definition) is 2. The molecule has 5 heteroatoms. The third-order valence-electron chi connectivity index (χ3n) is 3.08. The smallest absolute Gasteiger partial charge is 0.132 e. The van der Waals surface area contributed by atoms with Gasteiger partial charge in [-0.1, -0.05) is 23.7 Å². The molecule has 1 N–H and O–H groups in total. The van der Waals surface area contributed by atoms with Crippen molar-refractivity contribution in [3.63, 3.8) is 0 Å². The summed E-state index contributed by atoms with van der Waals surface area (Å²) in [6, 6.07) is 8.18. The van der Waals surface area contributed by atoms with Gasteiger partial charge in [-0.25, -0.2) is 8.78 Å². The van der Waals surface area contributed by atoms with Crippen LogP contribution in [0.25, 0.3) is 0 Å². The molecule has 2 aromatic carbocycles. The van der Waals surface area contributed by atoms with E-state index in [1.165, 1.54) is 25.3 Å². The van der Waals surface area contributed by atoms with Gasteiger partial charge in [0.15, 0.2) is 0 Å². The van der Waals surface area contributed by atoms with Crippen LogP contribution in [0.15, 0.2) is 36.4 Å². The van der Waals surface area contributed by atoms with Crippen molar-refractivity contribution in [1.29, 1.82) is 0 Å². The van der Waals surface area contributed by atoms with Gasteiger partial charge < -0.3 is 10.1 Å². The topological polar surface area (TPSA) is 21.3 Å². The van der Waals surface area contributed by atoms with Crippen molar-refractivity contribution < 1.29 is 13.5 Å². The molecule has 106 valence electrons. The highest BCUT2D eigenvalue weighted by Crippen LogP contribution is 2.31.